The second-order valence-corrected chi connectivity index (χ2v) is 5.35. The van der Waals surface area contributed by atoms with Gasteiger partial charge in [-0.2, -0.15) is 5.10 Å². The van der Waals surface area contributed by atoms with Crippen LogP contribution in [0.15, 0.2) is 40.6 Å². The molecule has 1 aromatic rings. The summed E-state index contributed by atoms with van der Waals surface area (Å²) in [4.78, 5) is 17.1. The molecule has 0 aliphatic carbocycles. The number of amides is 1. The van der Waals surface area contributed by atoms with Crippen LogP contribution >= 0.6 is 15.9 Å². The molecule has 1 aliphatic rings. The highest BCUT2D eigenvalue weighted by Gasteiger charge is 2.51. The van der Waals surface area contributed by atoms with Gasteiger partial charge in [-0.05, 0) is 6.92 Å². The fourth-order valence-corrected chi connectivity index (χ4v) is 2.60. The molecule has 1 heterocycles. The van der Waals surface area contributed by atoms with Crippen molar-refractivity contribution in [1.29, 1.82) is 0 Å². The summed E-state index contributed by atoms with van der Waals surface area (Å²) in [5, 5.41) is 9.51. The third-order valence-corrected chi connectivity index (χ3v) is 4.23. The van der Waals surface area contributed by atoms with E-state index in [-0.39, 0.29) is 5.91 Å². The van der Waals surface area contributed by atoms with Gasteiger partial charge in [0, 0.05) is 12.6 Å². The van der Waals surface area contributed by atoms with Crippen molar-refractivity contribution in [3.05, 3.63) is 35.9 Å². The highest BCUT2D eigenvalue weighted by Crippen LogP contribution is 2.33. The van der Waals surface area contributed by atoms with Gasteiger partial charge in [-0.3, -0.25) is 4.79 Å². The lowest BCUT2D eigenvalue weighted by Gasteiger charge is -2.21. The summed E-state index contributed by atoms with van der Waals surface area (Å²) in [6.45, 7) is 1.73. The zero-order chi connectivity index (χ0) is 14.0. The van der Waals surface area contributed by atoms with Crippen LogP contribution in [0, 0.1) is 0 Å². The molecule has 1 aliphatic heterocycles. The van der Waals surface area contributed by atoms with Crippen molar-refractivity contribution in [1.82, 2.24) is 5.01 Å². The van der Waals surface area contributed by atoms with Crippen molar-refractivity contribution >= 4 is 33.3 Å². The van der Waals surface area contributed by atoms with E-state index in [1.54, 1.807) is 14.0 Å². The van der Waals surface area contributed by atoms with Crippen molar-refractivity contribution in [3.63, 3.8) is 0 Å². The lowest BCUT2D eigenvalue weighted by molar-refractivity contribution is -0.127. The number of nitrogens with zero attached hydrogens (tertiary/aromatic N) is 3. The smallest absolute Gasteiger partial charge is 0.271 e. The van der Waals surface area contributed by atoms with Gasteiger partial charge in [-0.25, -0.2) is 5.01 Å². The first kappa shape index (κ1) is 13.7. The van der Waals surface area contributed by atoms with Crippen LogP contribution in [0.2, 0.25) is 0 Å². The van der Waals surface area contributed by atoms with Gasteiger partial charge in [0.1, 0.15) is 12.8 Å². The molecule has 1 aromatic carbocycles. The van der Waals surface area contributed by atoms with E-state index in [1.165, 1.54) is 12.1 Å². The normalized spacial score (nSPS) is 23.6. The largest absolute Gasteiger partial charge is 0.399 e. The van der Waals surface area contributed by atoms with Crippen LogP contribution in [0.3, 0.4) is 0 Å². The third-order valence-electron chi connectivity index (χ3n) is 2.94. The average molecular weight is 324 g/mol. The Morgan fingerprint density at radius 1 is 1.42 bits per heavy atom. The van der Waals surface area contributed by atoms with E-state index in [2.05, 4.69) is 26.2 Å². The number of rotatable bonds is 3. The van der Waals surface area contributed by atoms with Gasteiger partial charge in [0.15, 0.2) is 4.32 Å². The summed E-state index contributed by atoms with van der Waals surface area (Å²) in [5.41, 5.74) is 1.98. The lowest BCUT2D eigenvalue weighted by Crippen LogP contribution is -2.46. The van der Waals surface area contributed by atoms with E-state index in [0.717, 1.165) is 5.56 Å². The molecule has 100 valence electrons. The molecule has 0 bridgehead atoms. The molecule has 1 atom stereocenters. The van der Waals surface area contributed by atoms with Crippen LogP contribution < -0.4 is 0 Å². The van der Waals surface area contributed by atoms with Crippen LogP contribution in [-0.4, -0.2) is 40.8 Å². The first-order chi connectivity index (χ1) is 9.01. The second-order valence-electron chi connectivity index (χ2n) is 4.16. The lowest BCUT2D eigenvalue weighted by atomic mass is 9.93. The molecule has 0 aromatic heterocycles. The minimum atomic E-state index is -1.07. The maximum Gasteiger partial charge on any atom is 0.271 e. The molecule has 0 radical (unpaired) electrons. The number of carbonyl (C=O) groups is 1. The van der Waals surface area contributed by atoms with Crippen LogP contribution in [0.4, 0.5) is 0 Å². The highest BCUT2D eigenvalue weighted by molar-refractivity contribution is 9.11. The molecule has 1 amide bonds. The predicted molar refractivity (Wildman–Crippen MR) is 77.5 cm³/mol. The summed E-state index contributed by atoms with van der Waals surface area (Å²) < 4.78 is -1.07. The molecular formula is C13H14BrN3O2. The van der Waals surface area contributed by atoms with E-state index in [4.69, 9.17) is 4.84 Å². The Morgan fingerprint density at radius 3 is 2.63 bits per heavy atom. The Balaban J connectivity index is 2.55. The topological polar surface area (TPSA) is 54.3 Å². The monoisotopic (exact) mass is 323 g/mol. The molecule has 1 unspecified atom stereocenters. The maximum absolute atomic E-state index is 12.4. The molecule has 0 spiro atoms. The standard InChI is InChI=1S/C13H14BrN3O2/c1-9(16-19-3)13(14)11(15-17(2)12(13)18)10-7-5-4-6-8-10/h4-8H,1-3H3. The van der Waals surface area contributed by atoms with Crippen LogP contribution in [0.25, 0.3) is 0 Å². The van der Waals surface area contributed by atoms with E-state index in [0.29, 0.717) is 11.4 Å². The zero-order valence-corrected chi connectivity index (χ0v) is 12.5. The number of hydrazone groups is 1. The maximum atomic E-state index is 12.4. The van der Waals surface area contributed by atoms with E-state index in [9.17, 15) is 4.79 Å². The van der Waals surface area contributed by atoms with Gasteiger partial charge in [0.25, 0.3) is 5.91 Å². The molecular weight excluding hydrogens is 310 g/mol. The number of oxime groups is 1. The first-order valence-corrected chi connectivity index (χ1v) is 6.51. The summed E-state index contributed by atoms with van der Waals surface area (Å²) in [7, 11) is 3.07. The van der Waals surface area contributed by atoms with Crippen molar-refractivity contribution in [3.8, 4) is 0 Å². The van der Waals surface area contributed by atoms with Crippen LogP contribution in [0.1, 0.15) is 12.5 Å². The van der Waals surface area contributed by atoms with Gasteiger partial charge >= 0.3 is 0 Å². The summed E-state index contributed by atoms with van der Waals surface area (Å²) in [6.07, 6.45) is 0. The molecule has 0 N–H and O–H groups in total. The second kappa shape index (κ2) is 5.13. The van der Waals surface area contributed by atoms with Crippen LogP contribution in [-0.2, 0) is 9.63 Å². The van der Waals surface area contributed by atoms with Crippen molar-refractivity contribution < 1.29 is 9.63 Å². The first-order valence-electron chi connectivity index (χ1n) is 5.71. The Kier molecular flexibility index (Phi) is 3.71. The quantitative estimate of drug-likeness (QED) is 0.485. The van der Waals surface area contributed by atoms with Gasteiger partial charge in [-0.15, -0.1) is 0 Å². The third kappa shape index (κ3) is 2.16. The summed E-state index contributed by atoms with van der Waals surface area (Å²) >= 11 is 3.49. The number of hydrogen-bond donors (Lipinski definition) is 0. The molecule has 0 saturated heterocycles. The molecule has 2 rings (SSSR count). The number of hydrogen-bond acceptors (Lipinski definition) is 4. The molecule has 0 saturated carbocycles. The Bertz CT molecular complexity index is 556. The fraction of sp³-hybridized carbons (Fsp3) is 0.308. The molecule has 0 fully saturated rings. The van der Waals surface area contributed by atoms with E-state index in [1.807, 2.05) is 30.3 Å². The fourth-order valence-electron chi connectivity index (χ4n) is 1.97. The van der Waals surface area contributed by atoms with Gasteiger partial charge in [-0.1, -0.05) is 51.4 Å². The summed E-state index contributed by atoms with van der Waals surface area (Å²) in [5.74, 6) is -0.190. The Morgan fingerprint density at radius 2 is 2.05 bits per heavy atom. The number of benzene rings is 1. The minimum absolute atomic E-state index is 0.190. The Hall–Kier alpha value is -1.69. The highest BCUT2D eigenvalue weighted by atomic mass is 79.9. The number of halogens is 1. The minimum Gasteiger partial charge on any atom is -0.399 e. The summed E-state index contributed by atoms with van der Waals surface area (Å²) in [6, 6.07) is 9.52. The number of alkyl halides is 1. The number of carbonyl (C=O) groups excluding carboxylic acids is 1. The Labute approximate surface area is 120 Å². The average Bonchev–Trinajstić information content (AvgIpc) is 2.66. The van der Waals surface area contributed by atoms with Gasteiger partial charge < -0.3 is 4.84 Å². The van der Waals surface area contributed by atoms with E-state index >= 15 is 0 Å². The van der Waals surface area contributed by atoms with Crippen LogP contribution in [0.5, 0.6) is 0 Å². The van der Waals surface area contributed by atoms with E-state index < -0.39 is 4.32 Å². The molecule has 6 heteroatoms. The molecule has 5 nitrogen and oxygen atoms in total. The zero-order valence-electron chi connectivity index (χ0n) is 10.9. The van der Waals surface area contributed by atoms with Crippen molar-refractivity contribution in [2.75, 3.05) is 14.2 Å². The van der Waals surface area contributed by atoms with Gasteiger partial charge in [0.05, 0.1) is 5.71 Å². The SMILES string of the molecule is CON=C(C)C1(Br)C(=O)N(C)N=C1c1ccccc1. The van der Waals surface area contributed by atoms with Crippen molar-refractivity contribution in [2.24, 2.45) is 10.3 Å². The molecule has 19 heavy (non-hydrogen) atoms. The van der Waals surface area contributed by atoms with Gasteiger partial charge in [0.2, 0.25) is 0 Å². The van der Waals surface area contributed by atoms with Crippen molar-refractivity contribution in [2.45, 2.75) is 11.2 Å². The predicted octanol–water partition coefficient (Wildman–Crippen LogP) is 2.02.